The monoisotopic (exact) mass is 413 g/mol. The zero-order valence-electron chi connectivity index (χ0n) is 15.2. The van der Waals surface area contributed by atoms with Gasteiger partial charge in [0.1, 0.15) is 17.4 Å². The third kappa shape index (κ3) is 3.49. The van der Waals surface area contributed by atoms with E-state index in [2.05, 4.69) is 10.1 Å². The highest BCUT2D eigenvalue weighted by molar-refractivity contribution is 7.20. The molecule has 4 aromatic rings. The summed E-state index contributed by atoms with van der Waals surface area (Å²) in [7, 11) is 0. The maximum Gasteiger partial charge on any atom is 0.276 e. The molecule has 148 valence electrons. The van der Waals surface area contributed by atoms with Crippen LogP contribution in [0, 0.1) is 5.82 Å². The van der Waals surface area contributed by atoms with Crippen molar-refractivity contribution in [2.45, 2.75) is 18.9 Å². The maximum atomic E-state index is 13.8. The van der Waals surface area contributed by atoms with Crippen molar-refractivity contribution >= 4 is 27.5 Å². The molecule has 1 amide bonds. The second-order valence-corrected chi connectivity index (χ2v) is 7.72. The molecule has 9 heteroatoms. The summed E-state index contributed by atoms with van der Waals surface area (Å²) in [5, 5.41) is 4.32. The number of hydrogen-bond acceptors (Lipinski definition) is 7. The van der Waals surface area contributed by atoms with Gasteiger partial charge in [-0.1, -0.05) is 22.6 Å². The predicted octanol–water partition coefficient (Wildman–Crippen LogP) is 4.37. The van der Waals surface area contributed by atoms with Crippen LogP contribution >= 0.6 is 11.3 Å². The van der Waals surface area contributed by atoms with Gasteiger partial charge in [0.2, 0.25) is 5.76 Å². The summed E-state index contributed by atoms with van der Waals surface area (Å²) >= 11 is 1.33. The fourth-order valence-corrected chi connectivity index (χ4v) is 4.23. The molecule has 1 fully saturated rings. The SMILES string of the molecule is O=C(c1cc(-c2ccco2)on1)N1CCC(Oc2nc3c(F)cccc3s2)CC1. The van der Waals surface area contributed by atoms with Crippen molar-refractivity contribution in [3.63, 3.8) is 0 Å². The Morgan fingerprint density at radius 3 is 2.83 bits per heavy atom. The maximum absolute atomic E-state index is 13.8. The number of carbonyl (C=O) groups is 1. The highest BCUT2D eigenvalue weighted by atomic mass is 32.1. The predicted molar refractivity (Wildman–Crippen MR) is 103 cm³/mol. The minimum atomic E-state index is -0.351. The zero-order valence-corrected chi connectivity index (χ0v) is 16.0. The number of ether oxygens (including phenoxy) is 1. The number of rotatable bonds is 4. The number of furan rings is 1. The Kier molecular flexibility index (Phi) is 4.51. The molecule has 1 saturated heterocycles. The number of thiazole rings is 1. The summed E-state index contributed by atoms with van der Waals surface area (Å²) in [6.07, 6.45) is 2.78. The molecule has 0 aliphatic carbocycles. The highest BCUT2D eigenvalue weighted by Crippen LogP contribution is 2.31. The summed E-state index contributed by atoms with van der Waals surface area (Å²) in [6.45, 7) is 1.07. The Labute approximate surface area is 168 Å². The molecule has 0 atom stereocenters. The van der Waals surface area contributed by atoms with Crippen molar-refractivity contribution < 1.29 is 22.9 Å². The van der Waals surface area contributed by atoms with Crippen LogP contribution in [-0.2, 0) is 0 Å². The van der Waals surface area contributed by atoms with Gasteiger partial charge in [-0.05, 0) is 24.3 Å². The molecule has 4 heterocycles. The summed E-state index contributed by atoms with van der Waals surface area (Å²) in [5.74, 6) is 0.401. The first kappa shape index (κ1) is 17.9. The summed E-state index contributed by atoms with van der Waals surface area (Å²) in [5.41, 5.74) is 0.580. The van der Waals surface area contributed by atoms with Gasteiger partial charge in [-0.2, -0.15) is 4.98 Å². The number of piperidine rings is 1. The number of benzene rings is 1. The van der Waals surface area contributed by atoms with Gasteiger partial charge < -0.3 is 18.6 Å². The number of para-hydroxylation sites is 1. The lowest BCUT2D eigenvalue weighted by Crippen LogP contribution is -2.41. The van der Waals surface area contributed by atoms with E-state index in [0.29, 0.717) is 48.2 Å². The molecule has 0 N–H and O–H groups in total. The zero-order chi connectivity index (χ0) is 19.8. The molecular weight excluding hydrogens is 397 g/mol. The number of aromatic nitrogens is 2. The van der Waals surface area contributed by atoms with Crippen LogP contribution in [0.5, 0.6) is 5.19 Å². The summed E-state index contributed by atoms with van der Waals surface area (Å²) < 4.78 is 31.0. The fraction of sp³-hybridized carbons (Fsp3) is 0.250. The third-order valence-electron chi connectivity index (χ3n) is 4.84. The molecule has 29 heavy (non-hydrogen) atoms. The molecule has 5 rings (SSSR count). The average Bonchev–Trinajstić information content (AvgIpc) is 3.48. The van der Waals surface area contributed by atoms with Gasteiger partial charge in [-0.15, -0.1) is 0 Å². The van der Waals surface area contributed by atoms with E-state index in [1.807, 2.05) is 6.07 Å². The normalized spacial score (nSPS) is 15.1. The first-order valence-electron chi connectivity index (χ1n) is 9.19. The number of halogens is 1. The van der Waals surface area contributed by atoms with E-state index in [4.69, 9.17) is 13.7 Å². The van der Waals surface area contributed by atoms with Crippen LogP contribution in [0.4, 0.5) is 4.39 Å². The summed E-state index contributed by atoms with van der Waals surface area (Å²) in [6, 6.07) is 9.93. The van der Waals surface area contributed by atoms with Crippen LogP contribution in [0.15, 0.2) is 51.6 Å². The molecule has 0 saturated carbocycles. The lowest BCUT2D eigenvalue weighted by Gasteiger charge is -2.31. The molecule has 1 aliphatic heterocycles. The molecule has 0 radical (unpaired) electrons. The second kappa shape index (κ2) is 7.32. The number of carbonyl (C=O) groups excluding carboxylic acids is 1. The minimum absolute atomic E-state index is 0.0707. The van der Waals surface area contributed by atoms with Crippen molar-refractivity contribution in [1.82, 2.24) is 15.0 Å². The largest absolute Gasteiger partial charge is 0.467 e. The average molecular weight is 413 g/mol. The van der Waals surface area contributed by atoms with Crippen LogP contribution in [-0.4, -0.2) is 40.1 Å². The number of amides is 1. The molecule has 7 nitrogen and oxygen atoms in total. The van der Waals surface area contributed by atoms with E-state index < -0.39 is 0 Å². The number of fused-ring (bicyclic) bond motifs is 1. The van der Waals surface area contributed by atoms with Gasteiger partial charge >= 0.3 is 0 Å². The van der Waals surface area contributed by atoms with E-state index >= 15 is 0 Å². The molecule has 3 aromatic heterocycles. The first-order valence-corrected chi connectivity index (χ1v) is 10.0. The minimum Gasteiger partial charge on any atom is -0.467 e. The van der Waals surface area contributed by atoms with Gasteiger partial charge in [-0.3, -0.25) is 4.79 Å². The highest BCUT2D eigenvalue weighted by Gasteiger charge is 2.27. The van der Waals surface area contributed by atoms with E-state index in [1.165, 1.54) is 23.7 Å². The Morgan fingerprint density at radius 1 is 1.21 bits per heavy atom. The lowest BCUT2D eigenvalue weighted by molar-refractivity contribution is 0.0586. The standard InChI is InChI=1S/C20H16FN3O4S/c21-13-3-1-5-17-18(13)22-20(29-17)27-12-6-8-24(9-7-12)19(25)14-11-16(28-23-14)15-4-2-10-26-15/h1-5,10-12H,6-9H2. The van der Waals surface area contributed by atoms with Crippen LogP contribution < -0.4 is 4.74 Å². The van der Waals surface area contributed by atoms with Gasteiger partial charge in [0, 0.05) is 32.0 Å². The molecule has 1 aliphatic rings. The number of likely N-dealkylation sites (tertiary alicyclic amines) is 1. The third-order valence-corrected chi connectivity index (χ3v) is 5.75. The lowest BCUT2D eigenvalue weighted by atomic mass is 10.1. The summed E-state index contributed by atoms with van der Waals surface area (Å²) in [4.78, 5) is 18.7. The fourth-order valence-electron chi connectivity index (χ4n) is 3.34. The number of hydrogen-bond donors (Lipinski definition) is 0. The van der Waals surface area contributed by atoms with Crippen LogP contribution in [0.2, 0.25) is 0 Å². The van der Waals surface area contributed by atoms with Gasteiger partial charge in [0.25, 0.3) is 11.1 Å². The van der Waals surface area contributed by atoms with E-state index in [9.17, 15) is 9.18 Å². The van der Waals surface area contributed by atoms with Crippen LogP contribution in [0.25, 0.3) is 21.7 Å². The van der Waals surface area contributed by atoms with Crippen molar-refractivity contribution in [1.29, 1.82) is 0 Å². The first-order chi connectivity index (χ1) is 14.2. The van der Waals surface area contributed by atoms with Crippen molar-refractivity contribution in [3.8, 4) is 16.7 Å². The van der Waals surface area contributed by atoms with Crippen molar-refractivity contribution in [2.24, 2.45) is 0 Å². The molecular formula is C20H16FN3O4S. The van der Waals surface area contributed by atoms with E-state index in [-0.39, 0.29) is 23.5 Å². The van der Waals surface area contributed by atoms with Crippen LogP contribution in [0.3, 0.4) is 0 Å². The Morgan fingerprint density at radius 2 is 2.07 bits per heavy atom. The topological polar surface area (TPSA) is 81.6 Å². The van der Waals surface area contributed by atoms with Crippen LogP contribution in [0.1, 0.15) is 23.3 Å². The molecule has 0 unspecified atom stereocenters. The Bertz CT molecular complexity index is 1150. The van der Waals surface area contributed by atoms with Crippen molar-refractivity contribution in [2.75, 3.05) is 13.1 Å². The van der Waals surface area contributed by atoms with Gasteiger partial charge in [-0.25, -0.2) is 4.39 Å². The Balaban J connectivity index is 1.21. The smallest absolute Gasteiger partial charge is 0.276 e. The van der Waals surface area contributed by atoms with E-state index in [0.717, 1.165) is 4.70 Å². The molecule has 0 spiro atoms. The van der Waals surface area contributed by atoms with E-state index in [1.54, 1.807) is 29.2 Å². The molecule has 0 bridgehead atoms. The quantitative estimate of drug-likeness (QED) is 0.494. The van der Waals surface area contributed by atoms with Gasteiger partial charge in [0.15, 0.2) is 11.5 Å². The van der Waals surface area contributed by atoms with Gasteiger partial charge in [0.05, 0.1) is 11.0 Å². The molecule has 1 aromatic carbocycles. The second-order valence-electron chi connectivity index (χ2n) is 6.73. The van der Waals surface area contributed by atoms with Crippen molar-refractivity contribution in [3.05, 3.63) is 54.2 Å². The number of nitrogens with zero attached hydrogens (tertiary/aromatic N) is 3. The Hall–Kier alpha value is -3.20.